The van der Waals surface area contributed by atoms with Crippen molar-refractivity contribution in [1.82, 2.24) is 25.6 Å². The molecule has 7 heteroatoms. The molecule has 0 bridgehead atoms. The molecule has 0 radical (unpaired) electrons. The summed E-state index contributed by atoms with van der Waals surface area (Å²) in [5.74, 6) is -0.494. The van der Waals surface area contributed by atoms with Gasteiger partial charge in [0.2, 0.25) is 0 Å². The minimum absolute atomic E-state index is 0.175. The summed E-state index contributed by atoms with van der Waals surface area (Å²) in [6.45, 7) is 4.43. The van der Waals surface area contributed by atoms with Crippen LogP contribution in [0.15, 0.2) is 54.6 Å². The van der Waals surface area contributed by atoms with Crippen LogP contribution in [-0.4, -0.2) is 39.9 Å². The monoisotopic (exact) mass is 363 g/mol. The molecule has 3 rings (SSSR count). The normalized spacial score (nSPS) is 10.4. The van der Waals surface area contributed by atoms with Crippen LogP contribution in [0.3, 0.4) is 0 Å². The smallest absolute Gasteiger partial charge is 0.273 e. The van der Waals surface area contributed by atoms with Gasteiger partial charge in [0.05, 0.1) is 11.4 Å². The summed E-state index contributed by atoms with van der Waals surface area (Å²) in [5.41, 5.74) is 3.50. The topological polar surface area (TPSA) is 88.9 Å². The summed E-state index contributed by atoms with van der Waals surface area (Å²) >= 11 is 0. The highest BCUT2D eigenvalue weighted by Crippen LogP contribution is 2.13. The summed E-state index contributed by atoms with van der Waals surface area (Å²) < 4.78 is 1.63. The molecule has 0 aliphatic carbocycles. The van der Waals surface area contributed by atoms with E-state index in [1.54, 1.807) is 35.9 Å². The van der Waals surface area contributed by atoms with Crippen molar-refractivity contribution < 1.29 is 9.59 Å². The molecule has 2 amide bonds. The number of benzene rings is 2. The van der Waals surface area contributed by atoms with Crippen molar-refractivity contribution in [2.75, 3.05) is 13.1 Å². The van der Waals surface area contributed by atoms with E-state index in [0.717, 1.165) is 11.3 Å². The number of nitrogens with one attached hydrogen (secondary N) is 2. The summed E-state index contributed by atoms with van der Waals surface area (Å²) in [4.78, 5) is 24.3. The van der Waals surface area contributed by atoms with Gasteiger partial charge in [-0.05, 0) is 38.1 Å². The highest BCUT2D eigenvalue weighted by molar-refractivity contribution is 5.94. The first-order valence-electron chi connectivity index (χ1n) is 8.67. The number of carbonyl (C=O) groups is 2. The van der Waals surface area contributed by atoms with Crippen LogP contribution in [-0.2, 0) is 0 Å². The molecule has 138 valence electrons. The number of nitrogens with zero attached hydrogens (tertiary/aromatic N) is 3. The van der Waals surface area contributed by atoms with Crippen LogP contribution in [0.1, 0.15) is 32.1 Å². The highest BCUT2D eigenvalue weighted by atomic mass is 16.2. The third-order valence-electron chi connectivity index (χ3n) is 4.12. The van der Waals surface area contributed by atoms with Crippen molar-refractivity contribution >= 4 is 11.8 Å². The van der Waals surface area contributed by atoms with Gasteiger partial charge in [0, 0.05) is 18.7 Å². The van der Waals surface area contributed by atoms with E-state index in [-0.39, 0.29) is 17.5 Å². The first-order valence-corrected chi connectivity index (χ1v) is 8.67. The summed E-state index contributed by atoms with van der Waals surface area (Å²) in [6.07, 6.45) is 0. The lowest BCUT2D eigenvalue weighted by Crippen LogP contribution is -2.35. The quantitative estimate of drug-likeness (QED) is 0.656. The van der Waals surface area contributed by atoms with E-state index in [1.165, 1.54) is 0 Å². The van der Waals surface area contributed by atoms with Crippen LogP contribution in [0.4, 0.5) is 0 Å². The average molecular weight is 363 g/mol. The zero-order valence-corrected chi connectivity index (χ0v) is 15.3. The lowest BCUT2D eigenvalue weighted by Gasteiger charge is -2.07. The fourth-order valence-electron chi connectivity index (χ4n) is 2.60. The second kappa shape index (κ2) is 8.27. The van der Waals surface area contributed by atoms with Crippen LogP contribution < -0.4 is 10.6 Å². The predicted molar refractivity (Wildman–Crippen MR) is 102 cm³/mol. The highest BCUT2D eigenvalue weighted by Gasteiger charge is 2.17. The van der Waals surface area contributed by atoms with Gasteiger partial charge in [-0.1, -0.05) is 41.1 Å². The Morgan fingerprint density at radius 2 is 1.52 bits per heavy atom. The van der Waals surface area contributed by atoms with Crippen molar-refractivity contribution in [3.05, 3.63) is 77.1 Å². The van der Waals surface area contributed by atoms with Gasteiger partial charge in [-0.25, -0.2) is 4.68 Å². The van der Waals surface area contributed by atoms with Crippen molar-refractivity contribution in [2.24, 2.45) is 0 Å². The zero-order chi connectivity index (χ0) is 19.2. The van der Waals surface area contributed by atoms with Crippen molar-refractivity contribution in [3.8, 4) is 5.69 Å². The number of hydrogen-bond acceptors (Lipinski definition) is 4. The molecule has 0 aliphatic rings. The number of rotatable bonds is 6. The Morgan fingerprint density at radius 1 is 0.889 bits per heavy atom. The molecule has 0 spiro atoms. The Bertz CT molecular complexity index is 933. The minimum Gasteiger partial charge on any atom is -0.350 e. The molecule has 1 aromatic heterocycles. The maximum absolute atomic E-state index is 12.3. The van der Waals surface area contributed by atoms with Gasteiger partial charge in [0.1, 0.15) is 0 Å². The van der Waals surface area contributed by atoms with Crippen molar-refractivity contribution in [2.45, 2.75) is 13.8 Å². The molecule has 3 aromatic rings. The summed E-state index contributed by atoms with van der Waals surface area (Å²) in [5, 5.41) is 13.6. The van der Waals surface area contributed by atoms with Crippen LogP contribution in [0.25, 0.3) is 5.69 Å². The molecule has 2 aromatic carbocycles. The number of carbonyl (C=O) groups excluding carboxylic acids is 2. The molecular formula is C20H21N5O2. The second-order valence-corrected chi connectivity index (χ2v) is 6.15. The van der Waals surface area contributed by atoms with E-state index < -0.39 is 0 Å². The van der Waals surface area contributed by atoms with Gasteiger partial charge in [0.15, 0.2) is 5.69 Å². The van der Waals surface area contributed by atoms with Gasteiger partial charge >= 0.3 is 0 Å². The lowest BCUT2D eigenvalue weighted by molar-refractivity contribution is 0.0924. The Kier molecular flexibility index (Phi) is 5.61. The average Bonchev–Trinajstić information content (AvgIpc) is 3.07. The van der Waals surface area contributed by atoms with Crippen molar-refractivity contribution in [3.63, 3.8) is 0 Å². The van der Waals surface area contributed by atoms with E-state index in [9.17, 15) is 9.59 Å². The Balaban J connectivity index is 1.54. The van der Waals surface area contributed by atoms with Crippen LogP contribution >= 0.6 is 0 Å². The minimum atomic E-state index is -0.320. The largest absolute Gasteiger partial charge is 0.350 e. The SMILES string of the molecule is Cc1ccc(-n2nnc(C(=O)NCCNC(=O)c3ccccc3)c2C)cc1. The maximum atomic E-state index is 12.3. The molecular weight excluding hydrogens is 342 g/mol. The molecule has 0 atom stereocenters. The number of aromatic nitrogens is 3. The van der Waals surface area contributed by atoms with E-state index >= 15 is 0 Å². The second-order valence-electron chi connectivity index (χ2n) is 6.15. The lowest BCUT2D eigenvalue weighted by atomic mass is 10.2. The Morgan fingerprint density at radius 3 is 2.19 bits per heavy atom. The molecule has 0 aliphatic heterocycles. The summed E-state index contributed by atoms with van der Waals surface area (Å²) in [6, 6.07) is 16.7. The molecule has 0 saturated carbocycles. The zero-order valence-electron chi connectivity index (χ0n) is 15.3. The van der Waals surface area contributed by atoms with Gasteiger partial charge in [0.25, 0.3) is 11.8 Å². The van der Waals surface area contributed by atoms with Crippen molar-refractivity contribution in [1.29, 1.82) is 0 Å². The van der Waals surface area contributed by atoms with Crippen LogP contribution in [0.2, 0.25) is 0 Å². The Hall–Kier alpha value is -3.48. The van der Waals surface area contributed by atoms with Gasteiger partial charge in [-0.15, -0.1) is 5.10 Å². The third-order valence-corrected chi connectivity index (χ3v) is 4.12. The van der Waals surface area contributed by atoms with E-state index in [0.29, 0.717) is 24.3 Å². The maximum Gasteiger partial charge on any atom is 0.273 e. The fourth-order valence-corrected chi connectivity index (χ4v) is 2.60. The van der Waals surface area contributed by atoms with Gasteiger partial charge in [-0.3, -0.25) is 9.59 Å². The first kappa shape index (κ1) is 18.3. The molecule has 0 fully saturated rings. The molecule has 2 N–H and O–H groups in total. The van der Waals surface area contributed by atoms with E-state index in [4.69, 9.17) is 0 Å². The molecule has 0 unspecified atom stereocenters. The van der Waals surface area contributed by atoms with E-state index in [1.807, 2.05) is 37.3 Å². The number of aryl methyl sites for hydroxylation is 1. The molecule has 7 nitrogen and oxygen atoms in total. The predicted octanol–water partition coefficient (Wildman–Crippen LogP) is 2.04. The van der Waals surface area contributed by atoms with Gasteiger partial charge in [-0.2, -0.15) is 0 Å². The van der Waals surface area contributed by atoms with Crippen LogP contribution in [0, 0.1) is 13.8 Å². The number of hydrogen-bond donors (Lipinski definition) is 2. The molecule has 27 heavy (non-hydrogen) atoms. The molecule has 1 heterocycles. The third kappa shape index (κ3) is 4.38. The summed E-state index contributed by atoms with van der Waals surface area (Å²) in [7, 11) is 0. The molecule has 0 saturated heterocycles. The van der Waals surface area contributed by atoms with Gasteiger partial charge < -0.3 is 10.6 Å². The number of amides is 2. The van der Waals surface area contributed by atoms with Crippen LogP contribution in [0.5, 0.6) is 0 Å². The fraction of sp³-hybridized carbons (Fsp3) is 0.200. The van der Waals surface area contributed by atoms with E-state index in [2.05, 4.69) is 20.9 Å². The Labute approximate surface area is 157 Å². The first-order chi connectivity index (χ1) is 13.1. The standard InChI is InChI=1S/C20H21N5O2/c1-14-8-10-17(11-9-14)25-15(2)18(23-24-25)20(27)22-13-12-21-19(26)16-6-4-3-5-7-16/h3-11H,12-13H2,1-2H3,(H,21,26)(H,22,27).